The summed E-state index contributed by atoms with van der Waals surface area (Å²) in [6.45, 7) is 5.70. The van der Waals surface area contributed by atoms with E-state index in [0.29, 0.717) is 31.0 Å². The predicted octanol–water partition coefficient (Wildman–Crippen LogP) is 5.99. The van der Waals surface area contributed by atoms with E-state index < -0.39 is 11.7 Å². The van der Waals surface area contributed by atoms with Crippen molar-refractivity contribution in [3.63, 3.8) is 0 Å². The normalized spacial score (nSPS) is 22.8. The molecule has 2 aromatic carbocycles. The number of hydrogen-bond acceptors (Lipinski definition) is 6. The third-order valence-electron chi connectivity index (χ3n) is 11.7. The number of nitrogens with zero attached hydrogens (tertiary/aromatic N) is 6. The Morgan fingerprint density at radius 2 is 1.77 bits per heavy atom. The van der Waals surface area contributed by atoms with Crippen LogP contribution in [0.2, 0.25) is 0 Å². The van der Waals surface area contributed by atoms with E-state index in [-0.39, 0.29) is 34.4 Å². The Morgan fingerprint density at radius 3 is 2.43 bits per heavy atom. The van der Waals surface area contributed by atoms with E-state index >= 15 is 0 Å². The molecule has 1 aliphatic carbocycles. The molecule has 0 unspecified atom stereocenters. The predicted molar refractivity (Wildman–Crippen MR) is 172 cm³/mol. The van der Waals surface area contributed by atoms with Crippen LogP contribution in [0.3, 0.4) is 0 Å². The summed E-state index contributed by atoms with van der Waals surface area (Å²) in [5.41, 5.74) is 1.40. The number of benzene rings is 2. The van der Waals surface area contributed by atoms with Gasteiger partial charge in [0.2, 0.25) is 0 Å². The second kappa shape index (κ2) is 11.6. The van der Waals surface area contributed by atoms with Crippen molar-refractivity contribution in [2.45, 2.75) is 69.5 Å². The Hall–Kier alpha value is -3.44. The van der Waals surface area contributed by atoms with Gasteiger partial charge in [-0.3, -0.25) is 4.79 Å². The number of amides is 1. The maximum atomic E-state index is 14.6. The van der Waals surface area contributed by atoms with Crippen molar-refractivity contribution >= 4 is 17.3 Å². The minimum absolute atomic E-state index is 0.0590. The molecular weight excluding hydrogens is 605 g/mol. The van der Waals surface area contributed by atoms with E-state index in [2.05, 4.69) is 20.0 Å². The zero-order valence-electron chi connectivity index (χ0n) is 27.1. The number of carbonyl (C=O) groups is 1. The molecule has 8 nitrogen and oxygen atoms in total. The van der Waals surface area contributed by atoms with Crippen LogP contribution < -0.4 is 9.80 Å². The van der Waals surface area contributed by atoms with Gasteiger partial charge >= 0.3 is 6.18 Å². The molecule has 11 heteroatoms. The highest BCUT2D eigenvalue weighted by Gasteiger charge is 2.47. The second-order valence-corrected chi connectivity index (χ2v) is 14.9. The molecule has 1 saturated carbocycles. The molecule has 4 aliphatic heterocycles. The molecule has 0 bridgehead atoms. The van der Waals surface area contributed by atoms with Gasteiger partial charge in [0.1, 0.15) is 12.2 Å². The van der Waals surface area contributed by atoms with Gasteiger partial charge < -0.3 is 24.0 Å². The monoisotopic (exact) mass is 648 g/mol. The maximum absolute atomic E-state index is 14.6. The Bertz CT molecular complexity index is 1640. The fourth-order valence-electron chi connectivity index (χ4n) is 8.74. The van der Waals surface area contributed by atoms with E-state index in [0.717, 1.165) is 56.3 Å². The molecule has 4 fully saturated rings. The second-order valence-electron chi connectivity index (χ2n) is 14.9. The number of halogens is 3. The number of aryl methyl sites for hydroxylation is 1. The standard InChI is InChI=1S/C36H43F3N6O2/c1-42-24-40-41-32(42)17-35(22-47-23-35)26-8-5-9-27(14-26)45-19-30-29(33(45)46)15-28(16-31(30)36(37,38)39)44-20-34(21-44)10-12-43(13-11-34)18-25-6-3-2-4-7-25/h5,8-9,14-16,24-25H,2-4,6-7,10-13,17-23H2,1H3. The van der Waals surface area contributed by atoms with Gasteiger partial charge in [-0.05, 0) is 80.1 Å². The van der Waals surface area contributed by atoms with Crippen molar-refractivity contribution in [3.05, 3.63) is 70.8 Å². The lowest BCUT2D eigenvalue weighted by molar-refractivity contribution is -0.138. The van der Waals surface area contributed by atoms with E-state index in [1.165, 1.54) is 49.6 Å². The van der Waals surface area contributed by atoms with E-state index in [9.17, 15) is 18.0 Å². The van der Waals surface area contributed by atoms with Crippen LogP contribution in [0.5, 0.6) is 0 Å². The van der Waals surface area contributed by atoms with Gasteiger partial charge in [-0.25, -0.2) is 0 Å². The first-order chi connectivity index (χ1) is 22.6. The summed E-state index contributed by atoms with van der Waals surface area (Å²) in [6.07, 6.45) is 6.64. The lowest BCUT2D eigenvalue weighted by atomic mass is 9.71. The molecule has 1 amide bonds. The molecule has 250 valence electrons. The fourth-order valence-corrected chi connectivity index (χ4v) is 8.74. The zero-order valence-corrected chi connectivity index (χ0v) is 27.1. The number of hydrogen-bond donors (Lipinski definition) is 0. The number of ether oxygens (including phenoxy) is 1. The summed E-state index contributed by atoms with van der Waals surface area (Å²) >= 11 is 0. The number of piperidine rings is 1. The molecule has 0 radical (unpaired) electrons. The van der Waals surface area contributed by atoms with E-state index in [4.69, 9.17) is 4.74 Å². The SMILES string of the molecule is Cn1cnnc1CC1(c2cccc(N3Cc4c(cc(N5CC6(CCN(CC7CCCCC7)CC6)C5)cc4C(F)(F)F)C3=O)c2)COC1. The zero-order chi connectivity index (χ0) is 32.4. The molecule has 5 aliphatic rings. The molecule has 0 N–H and O–H groups in total. The average molecular weight is 649 g/mol. The molecule has 0 atom stereocenters. The van der Waals surface area contributed by atoms with Crippen LogP contribution in [0.15, 0.2) is 42.7 Å². The van der Waals surface area contributed by atoms with Gasteiger partial charge in [-0.2, -0.15) is 13.2 Å². The molecule has 3 aromatic rings. The third kappa shape index (κ3) is 5.63. The highest BCUT2D eigenvalue weighted by Crippen LogP contribution is 2.47. The van der Waals surface area contributed by atoms with Crippen molar-refractivity contribution in [2.75, 3.05) is 55.7 Å². The van der Waals surface area contributed by atoms with Gasteiger partial charge in [-0.15, -0.1) is 10.2 Å². The topological polar surface area (TPSA) is 66.7 Å². The van der Waals surface area contributed by atoms with Crippen LogP contribution in [-0.4, -0.2) is 71.5 Å². The van der Waals surface area contributed by atoms with Gasteiger partial charge in [0, 0.05) is 60.9 Å². The van der Waals surface area contributed by atoms with Crippen LogP contribution in [0.4, 0.5) is 24.5 Å². The quantitative estimate of drug-likeness (QED) is 0.314. The van der Waals surface area contributed by atoms with Gasteiger partial charge in [0.25, 0.3) is 5.91 Å². The minimum atomic E-state index is -4.56. The summed E-state index contributed by atoms with van der Waals surface area (Å²) in [7, 11) is 1.90. The molecule has 1 aromatic heterocycles. The van der Waals surface area contributed by atoms with Gasteiger partial charge in [-0.1, -0.05) is 31.4 Å². The molecule has 3 saturated heterocycles. The van der Waals surface area contributed by atoms with Crippen LogP contribution >= 0.6 is 0 Å². The summed E-state index contributed by atoms with van der Waals surface area (Å²) in [4.78, 5) is 20.0. The number of rotatable bonds is 7. The highest BCUT2D eigenvalue weighted by atomic mass is 19.4. The van der Waals surface area contributed by atoms with Crippen molar-refractivity contribution in [1.29, 1.82) is 0 Å². The average Bonchev–Trinajstić information content (AvgIpc) is 3.59. The summed E-state index contributed by atoms with van der Waals surface area (Å²) < 4.78 is 51.2. The first-order valence-electron chi connectivity index (χ1n) is 17.2. The van der Waals surface area contributed by atoms with Crippen LogP contribution in [0, 0.1) is 11.3 Å². The number of fused-ring (bicyclic) bond motifs is 1. The summed E-state index contributed by atoms with van der Waals surface area (Å²) in [6, 6.07) is 10.6. The molecule has 1 spiro atoms. The number of carbonyl (C=O) groups excluding carboxylic acids is 1. The Labute approximate surface area is 273 Å². The van der Waals surface area contributed by atoms with E-state index in [1.807, 2.05) is 29.8 Å². The van der Waals surface area contributed by atoms with Crippen LogP contribution in [-0.2, 0) is 36.3 Å². The van der Waals surface area contributed by atoms with Gasteiger partial charge in [0.15, 0.2) is 0 Å². The summed E-state index contributed by atoms with van der Waals surface area (Å²) in [5, 5.41) is 8.25. The molecular formula is C36H43F3N6O2. The number of aromatic nitrogens is 3. The maximum Gasteiger partial charge on any atom is 0.416 e. The molecule has 5 heterocycles. The number of likely N-dealkylation sites (tertiary alicyclic amines) is 1. The Morgan fingerprint density at radius 1 is 1.00 bits per heavy atom. The third-order valence-corrected chi connectivity index (χ3v) is 11.7. The lowest BCUT2D eigenvalue weighted by Gasteiger charge is -2.55. The summed E-state index contributed by atoms with van der Waals surface area (Å²) in [5.74, 6) is 1.26. The largest absolute Gasteiger partial charge is 0.416 e. The van der Waals surface area contributed by atoms with Gasteiger partial charge in [0.05, 0.1) is 25.3 Å². The van der Waals surface area contributed by atoms with Crippen molar-refractivity contribution in [1.82, 2.24) is 19.7 Å². The lowest BCUT2D eigenvalue weighted by Crippen LogP contribution is -2.60. The van der Waals surface area contributed by atoms with Crippen LogP contribution in [0.1, 0.15) is 77.8 Å². The van der Waals surface area contributed by atoms with Crippen molar-refractivity contribution in [2.24, 2.45) is 18.4 Å². The molecule has 47 heavy (non-hydrogen) atoms. The fraction of sp³-hybridized carbons (Fsp3) is 0.583. The smallest absolute Gasteiger partial charge is 0.379 e. The number of anilines is 2. The first-order valence-corrected chi connectivity index (χ1v) is 17.2. The minimum Gasteiger partial charge on any atom is -0.379 e. The highest BCUT2D eigenvalue weighted by molar-refractivity contribution is 6.11. The Kier molecular flexibility index (Phi) is 7.63. The first kappa shape index (κ1) is 30.9. The number of alkyl halides is 3. The van der Waals surface area contributed by atoms with E-state index in [1.54, 1.807) is 18.5 Å². The van der Waals surface area contributed by atoms with Crippen LogP contribution in [0.25, 0.3) is 0 Å². The van der Waals surface area contributed by atoms with Crippen molar-refractivity contribution < 1.29 is 22.7 Å². The van der Waals surface area contributed by atoms with Crippen molar-refractivity contribution in [3.8, 4) is 0 Å². The Balaban J connectivity index is 0.994. The molecule has 8 rings (SSSR count).